The van der Waals surface area contributed by atoms with Crippen LogP contribution in [0.3, 0.4) is 0 Å². The molecule has 0 spiro atoms. The third-order valence-electron chi connectivity index (χ3n) is 4.49. The van der Waals surface area contributed by atoms with E-state index in [4.69, 9.17) is 0 Å². The summed E-state index contributed by atoms with van der Waals surface area (Å²) in [4.78, 5) is 0. The molecule has 0 bridgehead atoms. The second-order valence-electron chi connectivity index (χ2n) is 5.69. The van der Waals surface area contributed by atoms with Gasteiger partial charge < -0.3 is 0 Å². The van der Waals surface area contributed by atoms with Crippen molar-refractivity contribution in [3.8, 4) is 11.4 Å². The zero-order chi connectivity index (χ0) is 15.1. The van der Waals surface area contributed by atoms with E-state index in [-0.39, 0.29) is 5.92 Å². The number of nitrogens with zero attached hydrogens (tertiary/aromatic N) is 3. The van der Waals surface area contributed by atoms with Gasteiger partial charge in [-0.2, -0.15) is 5.21 Å². The summed E-state index contributed by atoms with van der Waals surface area (Å²) in [5, 5.41) is 17.1. The van der Waals surface area contributed by atoms with Crippen LogP contribution in [0.2, 0.25) is 0 Å². The Hall–Kier alpha value is -2.75. The Balaban J connectivity index is 2.04. The van der Waals surface area contributed by atoms with Gasteiger partial charge in [0, 0.05) is 11.5 Å². The standard InChI is InChI=1S/C18H16N4/c1-11-7-9-14(12(11)2)16-10-8-13-5-3-4-6-15(13)17(16)18-19-21-22-20-18/h3-10,14H,1-2H3,(H,19,20,21,22). The van der Waals surface area contributed by atoms with Gasteiger partial charge in [0.05, 0.1) is 0 Å². The van der Waals surface area contributed by atoms with E-state index in [2.05, 4.69) is 70.9 Å². The summed E-state index contributed by atoms with van der Waals surface area (Å²) in [6.07, 6.45) is 4.44. The molecule has 3 aromatic rings. The zero-order valence-corrected chi connectivity index (χ0v) is 12.5. The lowest BCUT2D eigenvalue weighted by molar-refractivity contribution is 0.881. The molecule has 1 atom stereocenters. The van der Waals surface area contributed by atoms with E-state index in [0.717, 1.165) is 10.9 Å². The average molecular weight is 288 g/mol. The minimum Gasteiger partial charge on any atom is -0.177 e. The lowest BCUT2D eigenvalue weighted by atomic mass is 9.87. The van der Waals surface area contributed by atoms with Crippen molar-refractivity contribution in [1.82, 2.24) is 20.6 Å². The van der Waals surface area contributed by atoms with E-state index in [1.165, 1.54) is 22.1 Å². The maximum atomic E-state index is 4.23. The Bertz CT molecular complexity index is 904. The molecule has 4 nitrogen and oxygen atoms in total. The molecule has 0 radical (unpaired) electrons. The summed E-state index contributed by atoms with van der Waals surface area (Å²) in [6.45, 7) is 4.34. The van der Waals surface area contributed by atoms with E-state index < -0.39 is 0 Å². The molecule has 0 aliphatic heterocycles. The minimum atomic E-state index is 0.276. The molecule has 4 heteroatoms. The predicted molar refractivity (Wildman–Crippen MR) is 87.4 cm³/mol. The first-order chi connectivity index (χ1) is 10.8. The van der Waals surface area contributed by atoms with Gasteiger partial charge in [-0.1, -0.05) is 59.7 Å². The van der Waals surface area contributed by atoms with Gasteiger partial charge in [0.15, 0.2) is 0 Å². The van der Waals surface area contributed by atoms with E-state index in [1.807, 2.05) is 12.1 Å². The monoisotopic (exact) mass is 288 g/mol. The third kappa shape index (κ3) is 1.88. The van der Waals surface area contributed by atoms with Crippen LogP contribution in [0.5, 0.6) is 0 Å². The Labute approximate surface area is 128 Å². The Morgan fingerprint density at radius 3 is 2.64 bits per heavy atom. The summed E-state index contributed by atoms with van der Waals surface area (Å²) < 4.78 is 0. The molecule has 4 rings (SSSR count). The number of fused-ring (bicyclic) bond motifs is 1. The first-order valence-electron chi connectivity index (χ1n) is 7.37. The molecule has 1 aromatic heterocycles. The van der Waals surface area contributed by atoms with Crippen LogP contribution in [0.1, 0.15) is 25.3 Å². The third-order valence-corrected chi connectivity index (χ3v) is 4.49. The first-order valence-corrected chi connectivity index (χ1v) is 7.37. The molecule has 0 fully saturated rings. The number of hydrogen-bond donors (Lipinski definition) is 1. The highest BCUT2D eigenvalue weighted by atomic mass is 15.5. The van der Waals surface area contributed by atoms with Crippen LogP contribution in [0.4, 0.5) is 0 Å². The second-order valence-corrected chi connectivity index (χ2v) is 5.69. The number of allylic oxidation sites excluding steroid dienone is 4. The molecule has 1 aliphatic carbocycles. The van der Waals surface area contributed by atoms with E-state index in [1.54, 1.807) is 0 Å². The maximum absolute atomic E-state index is 4.23. The van der Waals surface area contributed by atoms with Crippen LogP contribution < -0.4 is 0 Å². The van der Waals surface area contributed by atoms with Crippen molar-refractivity contribution < 1.29 is 0 Å². The topological polar surface area (TPSA) is 54.5 Å². The molecule has 0 amide bonds. The van der Waals surface area contributed by atoms with Crippen molar-refractivity contribution in [3.05, 3.63) is 65.3 Å². The smallest absolute Gasteiger partial charge is 0.177 e. The summed E-state index contributed by atoms with van der Waals surface area (Å²) in [5.41, 5.74) is 5.00. The molecular weight excluding hydrogens is 272 g/mol. The normalized spacial score (nSPS) is 17.6. The highest BCUT2D eigenvalue weighted by Crippen LogP contribution is 2.40. The molecular formula is C18H16N4. The average Bonchev–Trinajstić information content (AvgIpc) is 3.18. The summed E-state index contributed by atoms with van der Waals surface area (Å²) in [5.74, 6) is 0.927. The zero-order valence-electron chi connectivity index (χ0n) is 12.5. The lowest BCUT2D eigenvalue weighted by Gasteiger charge is -2.17. The van der Waals surface area contributed by atoms with Crippen LogP contribution >= 0.6 is 0 Å². The van der Waals surface area contributed by atoms with Crippen molar-refractivity contribution in [2.45, 2.75) is 19.8 Å². The number of tetrazole rings is 1. The number of hydrogen-bond acceptors (Lipinski definition) is 3. The molecule has 108 valence electrons. The summed E-state index contributed by atoms with van der Waals surface area (Å²) >= 11 is 0. The van der Waals surface area contributed by atoms with Gasteiger partial charge in [-0.3, -0.25) is 0 Å². The molecule has 22 heavy (non-hydrogen) atoms. The summed E-state index contributed by atoms with van der Waals surface area (Å²) in [6, 6.07) is 12.7. The molecule has 1 heterocycles. The van der Waals surface area contributed by atoms with Crippen molar-refractivity contribution >= 4 is 10.8 Å². The van der Waals surface area contributed by atoms with Crippen molar-refractivity contribution in [2.75, 3.05) is 0 Å². The SMILES string of the molecule is CC1=C(C)C(c2ccc3ccccc3c2-c2nn[nH]n2)C=C1. The fraction of sp³-hybridized carbons (Fsp3) is 0.167. The Morgan fingerprint density at radius 1 is 1.05 bits per heavy atom. The fourth-order valence-electron chi connectivity index (χ4n) is 3.16. The highest BCUT2D eigenvalue weighted by molar-refractivity contribution is 5.97. The number of H-pyrrole nitrogens is 1. The van der Waals surface area contributed by atoms with Crippen LogP contribution in [0, 0.1) is 0 Å². The highest BCUT2D eigenvalue weighted by Gasteiger charge is 2.23. The van der Waals surface area contributed by atoms with Gasteiger partial charge in [0.1, 0.15) is 0 Å². The van der Waals surface area contributed by atoms with Crippen LogP contribution in [0.15, 0.2) is 59.7 Å². The number of benzene rings is 2. The Morgan fingerprint density at radius 2 is 1.91 bits per heavy atom. The predicted octanol–water partition coefficient (Wildman–Crippen LogP) is 4.01. The van der Waals surface area contributed by atoms with E-state index in [0.29, 0.717) is 5.82 Å². The molecule has 1 unspecified atom stereocenters. The van der Waals surface area contributed by atoms with Gasteiger partial charge in [0.25, 0.3) is 0 Å². The fourth-order valence-corrected chi connectivity index (χ4v) is 3.16. The van der Waals surface area contributed by atoms with Crippen molar-refractivity contribution in [3.63, 3.8) is 0 Å². The second kappa shape index (κ2) is 4.91. The molecule has 2 aromatic carbocycles. The number of aromatic nitrogens is 4. The quantitative estimate of drug-likeness (QED) is 0.775. The molecule has 1 aliphatic rings. The van der Waals surface area contributed by atoms with Gasteiger partial charge in [-0.15, -0.1) is 10.2 Å². The van der Waals surface area contributed by atoms with Crippen LogP contribution in [-0.2, 0) is 0 Å². The van der Waals surface area contributed by atoms with Gasteiger partial charge >= 0.3 is 0 Å². The van der Waals surface area contributed by atoms with Crippen molar-refractivity contribution in [2.24, 2.45) is 0 Å². The van der Waals surface area contributed by atoms with Gasteiger partial charge in [-0.05, 0) is 35.4 Å². The number of nitrogens with one attached hydrogen (secondary N) is 1. The molecule has 0 saturated heterocycles. The van der Waals surface area contributed by atoms with Crippen LogP contribution in [-0.4, -0.2) is 20.6 Å². The lowest BCUT2D eigenvalue weighted by Crippen LogP contribution is -2.00. The van der Waals surface area contributed by atoms with Gasteiger partial charge in [-0.25, -0.2) is 0 Å². The van der Waals surface area contributed by atoms with Gasteiger partial charge in [0.2, 0.25) is 5.82 Å². The number of rotatable bonds is 2. The van der Waals surface area contributed by atoms with Crippen molar-refractivity contribution in [1.29, 1.82) is 0 Å². The molecule has 1 N–H and O–H groups in total. The molecule has 0 saturated carbocycles. The van der Waals surface area contributed by atoms with E-state index >= 15 is 0 Å². The minimum absolute atomic E-state index is 0.276. The number of aromatic amines is 1. The summed E-state index contributed by atoms with van der Waals surface area (Å²) in [7, 11) is 0. The van der Waals surface area contributed by atoms with Crippen LogP contribution in [0.25, 0.3) is 22.2 Å². The first kappa shape index (κ1) is 13.0. The Kier molecular flexibility index (Phi) is 2.89. The largest absolute Gasteiger partial charge is 0.205 e. The maximum Gasteiger partial charge on any atom is 0.205 e. The van der Waals surface area contributed by atoms with E-state index in [9.17, 15) is 0 Å².